The van der Waals surface area contributed by atoms with Gasteiger partial charge in [0, 0.05) is 41.9 Å². The first-order valence-electron chi connectivity index (χ1n) is 11.7. The maximum Gasteiger partial charge on any atom is 0.394 e. The number of anilines is 2. The Bertz CT molecular complexity index is 1610. The molecule has 0 aliphatic carbocycles. The van der Waals surface area contributed by atoms with Crippen molar-refractivity contribution in [3.05, 3.63) is 81.4 Å². The molecule has 4 aromatic rings. The minimum atomic E-state index is -4.50. The van der Waals surface area contributed by atoms with E-state index in [1.54, 1.807) is 6.92 Å². The number of benzene rings is 1. The quantitative estimate of drug-likeness (QED) is 0.222. The zero-order chi connectivity index (χ0) is 29.0. The second kappa shape index (κ2) is 11.8. The van der Waals surface area contributed by atoms with Gasteiger partial charge in [0.2, 0.25) is 5.95 Å². The number of alkyl halides is 3. The number of carbonyl (C=O) groups is 1. The highest BCUT2D eigenvalue weighted by Crippen LogP contribution is 2.28. The number of hydrogen-bond donors (Lipinski definition) is 2. The third kappa shape index (κ3) is 6.63. The molecular weight excluding hydrogens is 560 g/mol. The van der Waals surface area contributed by atoms with E-state index in [1.807, 2.05) is 0 Å². The monoisotopic (exact) mass is 580 g/mol. The molecule has 10 nitrogen and oxygen atoms in total. The van der Waals surface area contributed by atoms with Gasteiger partial charge in [-0.15, -0.1) is 0 Å². The average molecular weight is 581 g/mol. The van der Waals surface area contributed by atoms with Crippen LogP contribution < -0.4 is 10.9 Å². The van der Waals surface area contributed by atoms with Crippen molar-refractivity contribution >= 4 is 29.2 Å². The number of halogens is 5. The molecule has 0 atom stereocenters. The first-order valence-corrected chi connectivity index (χ1v) is 12.1. The van der Waals surface area contributed by atoms with Crippen LogP contribution in [0.25, 0.3) is 16.9 Å². The number of ether oxygens (including phenoxy) is 1. The van der Waals surface area contributed by atoms with Crippen molar-refractivity contribution in [2.45, 2.75) is 26.1 Å². The molecule has 0 saturated heterocycles. The van der Waals surface area contributed by atoms with E-state index in [4.69, 9.17) is 16.3 Å². The van der Waals surface area contributed by atoms with Gasteiger partial charge in [0.05, 0.1) is 30.4 Å². The molecule has 15 heteroatoms. The lowest BCUT2D eigenvalue weighted by atomic mass is 10.1. The van der Waals surface area contributed by atoms with Crippen molar-refractivity contribution < 1.29 is 32.2 Å². The highest BCUT2D eigenvalue weighted by Gasteiger charge is 2.29. The second-order valence-corrected chi connectivity index (χ2v) is 8.72. The zero-order valence-electron chi connectivity index (χ0n) is 20.7. The smallest absolute Gasteiger partial charge is 0.394 e. The number of aliphatic hydroxyl groups excluding tert-OH is 1. The number of aliphatic hydroxyl groups is 1. The predicted octanol–water partition coefficient (Wildman–Crippen LogP) is 4.30. The van der Waals surface area contributed by atoms with Crippen LogP contribution in [-0.2, 0) is 17.7 Å². The Labute approximate surface area is 228 Å². The maximum absolute atomic E-state index is 13.6. The van der Waals surface area contributed by atoms with Crippen molar-refractivity contribution in [1.29, 1.82) is 0 Å². The lowest BCUT2D eigenvalue weighted by Crippen LogP contribution is -2.28. The van der Waals surface area contributed by atoms with Gasteiger partial charge in [-0.05, 0) is 37.3 Å². The summed E-state index contributed by atoms with van der Waals surface area (Å²) in [6.45, 7) is 0.992. The van der Waals surface area contributed by atoms with E-state index in [0.29, 0.717) is 5.69 Å². The van der Waals surface area contributed by atoms with Crippen molar-refractivity contribution in [2.24, 2.45) is 0 Å². The molecule has 0 radical (unpaired) electrons. The summed E-state index contributed by atoms with van der Waals surface area (Å²) in [7, 11) is 0. The van der Waals surface area contributed by atoms with Crippen LogP contribution in [0.2, 0.25) is 5.02 Å². The fourth-order valence-corrected chi connectivity index (χ4v) is 3.89. The molecule has 2 N–H and O–H groups in total. The number of pyridine rings is 1. The molecule has 0 aliphatic heterocycles. The van der Waals surface area contributed by atoms with Crippen molar-refractivity contribution in [2.75, 3.05) is 18.5 Å². The Balaban J connectivity index is 1.87. The fourth-order valence-electron chi connectivity index (χ4n) is 3.71. The molecule has 3 aromatic heterocycles. The lowest BCUT2D eigenvalue weighted by Gasteiger charge is -2.14. The van der Waals surface area contributed by atoms with E-state index >= 15 is 0 Å². The van der Waals surface area contributed by atoms with Gasteiger partial charge in [0.1, 0.15) is 11.4 Å². The van der Waals surface area contributed by atoms with Crippen molar-refractivity contribution in [3.8, 4) is 16.9 Å². The van der Waals surface area contributed by atoms with E-state index in [9.17, 15) is 32.3 Å². The molecule has 0 fully saturated rings. The summed E-state index contributed by atoms with van der Waals surface area (Å²) in [5.74, 6) is -1.60. The Hall–Kier alpha value is -4.30. The van der Waals surface area contributed by atoms with Crippen LogP contribution in [0.4, 0.5) is 29.2 Å². The highest BCUT2D eigenvalue weighted by molar-refractivity contribution is 6.31. The minimum Gasteiger partial charge on any atom is -0.462 e. The summed E-state index contributed by atoms with van der Waals surface area (Å²) in [4.78, 5) is 33.9. The topological polar surface area (TPSA) is 124 Å². The normalized spacial score (nSPS) is 11.5. The maximum atomic E-state index is 13.6. The summed E-state index contributed by atoms with van der Waals surface area (Å²) in [6.07, 6.45) is -1.87. The summed E-state index contributed by atoms with van der Waals surface area (Å²) < 4.78 is 59.7. The molecule has 0 saturated carbocycles. The average Bonchev–Trinajstić information content (AvgIpc) is 3.34. The molecular formula is C25H21ClF4N6O4. The predicted molar refractivity (Wildman–Crippen MR) is 136 cm³/mol. The van der Waals surface area contributed by atoms with E-state index < -0.39 is 36.5 Å². The third-order valence-electron chi connectivity index (χ3n) is 5.42. The first-order chi connectivity index (χ1) is 19.0. The van der Waals surface area contributed by atoms with Gasteiger partial charge in [0.15, 0.2) is 5.82 Å². The van der Waals surface area contributed by atoms with Gasteiger partial charge in [-0.1, -0.05) is 11.6 Å². The lowest BCUT2D eigenvalue weighted by molar-refractivity contribution is -0.127. The zero-order valence-corrected chi connectivity index (χ0v) is 21.5. The van der Waals surface area contributed by atoms with Crippen molar-refractivity contribution in [3.63, 3.8) is 0 Å². The van der Waals surface area contributed by atoms with E-state index in [0.717, 1.165) is 15.3 Å². The summed E-state index contributed by atoms with van der Waals surface area (Å²) in [5.41, 5.74) is -0.604. The van der Waals surface area contributed by atoms with Gasteiger partial charge in [-0.3, -0.25) is 4.79 Å². The van der Waals surface area contributed by atoms with Crippen LogP contribution in [0.3, 0.4) is 0 Å². The molecule has 0 bridgehead atoms. The largest absolute Gasteiger partial charge is 0.462 e. The standard InChI is InChI=1S/C25H21ClF4N6O4/c1-2-40-23(39)17-9-14(13-35(7-8-37)22(17)38)18-12-31-24(32-15-3-4-20(27)19(26)10-15)33-21(18)36-6-5-16(34-36)11-25(28,29)30/h3-6,9-10,12-13,37H,2,7-8,11H2,1H3,(H,31,32,33). The van der Waals surface area contributed by atoms with Gasteiger partial charge in [0.25, 0.3) is 5.56 Å². The van der Waals surface area contributed by atoms with Crippen LogP contribution in [0.5, 0.6) is 0 Å². The number of nitrogens with one attached hydrogen (secondary N) is 1. The molecule has 210 valence electrons. The molecule has 0 aliphatic rings. The molecule has 1 aromatic carbocycles. The summed E-state index contributed by atoms with van der Waals surface area (Å²) in [6, 6.07) is 6.20. The van der Waals surface area contributed by atoms with Crippen LogP contribution in [-0.4, -0.2) is 54.8 Å². The number of esters is 1. The number of nitrogens with zero attached hydrogens (tertiary/aromatic N) is 5. The molecule has 0 spiro atoms. The molecule has 0 unspecified atom stereocenters. The van der Waals surface area contributed by atoms with Gasteiger partial charge in [-0.2, -0.15) is 23.3 Å². The van der Waals surface area contributed by atoms with Crippen LogP contribution in [0.1, 0.15) is 23.0 Å². The molecule has 0 amide bonds. The third-order valence-corrected chi connectivity index (χ3v) is 5.71. The molecule has 3 heterocycles. The SMILES string of the molecule is CCOC(=O)c1cc(-c2cnc(Nc3ccc(F)c(Cl)c3)nc2-n2ccc(CC(F)(F)F)n2)cn(CCO)c1=O. The van der Waals surface area contributed by atoms with Crippen molar-refractivity contribution in [1.82, 2.24) is 24.3 Å². The van der Waals surface area contributed by atoms with E-state index in [1.165, 1.54) is 42.9 Å². The van der Waals surface area contributed by atoms with Gasteiger partial charge in [-0.25, -0.2) is 18.9 Å². The van der Waals surface area contributed by atoms with Crippen LogP contribution >= 0.6 is 11.6 Å². The molecule has 4 rings (SSSR count). The number of rotatable bonds is 9. The Morgan fingerprint density at radius 2 is 2.00 bits per heavy atom. The fraction of sp³-hybridized carbons (Fsp3) is 0.240. The molecule has 40 heavy (non-hydrogen) atoms. The van der Waals surface area contributed by atoms with Gasteiger partial charge >= 0.3 is 12.1 Å². The Morgan fingerprint density at radius 3 is 2.67 bits per heavy atom. The second-order valence-electron chi connectivity index (χ2n) is 8.31. The summed E-state index contributed by atoms with van der Waals surface area (Å²) >= 11 is 5.84. The minimum absolute atomic E-state index is 0.0000992. The van der Waals surface area contributed by atoms with E-state index in [2.05, 4.69) is 20.4 Å². The number of hydrogen-bond acceptors (Lipinski definition) is 8. The number of aromatic nitrogens is 5. The highest BCUT2D eigenvalue weighted by atomic mass is 35.5. The summed E-state index contributed by atoms with van der Waals surface area (Å²) in [5, 5.41) is 16.1. The first kappa shape index (κ1) is 28.7. The Morgan fingerprint density at radius 1 is 1.23 bits per heavy atom. The van der Waals surface area contributed by atoms with E-state index in [-0.39, 0.29) is 52.3 Å². The van der Waals surface area contributed by atoms with Crippen LogP contribution in [0.15, 0.2) is 53.7 Å². The Kier molecular flexibility index (Phi) is 8.49. The number of carbonyl (C=O) groups excluding carboxylic acids is 1. The van der Waals surface area contributed by atoms with Gasteiger partial charge < -0.3 is 19.7 Å². The van der Waals surface area contributed by atoms with Crippen LogP contribution in [0, 0.1) is 5.82 Å².